The number of hydrogen-bond donors (Lipinski definition) is 1. The number of aromatic nitrogens is 1. The number of fused-ring (bicyclic) bond motifs is 2. The van der Waals surface area contributed by atoms with Crippen molar-refractivity contribution in [3.8, 4) is 0 Å². The van der Waals surface area contributed by atoms with Crippen molar-refractivity contribution < 1.29 is 4.74 Å². The Morgan fingerprint density at radius 2 is 2.50 bits per heavy atom. The third-order valence-corrected chi connectivity index (χ3v) is 3.88. The summed E-state index contributed by atoms with van der Waals surface area (Å²) in [6.07, 6.45) is 6.49. The van der Waals surface area contributed by atoms with Gasteiger partial charge in [-0.15, -0.1) is 11.3 Å². The maximum atomic E-state index is 5.78. The molecule has 3 heterocycles. The normalized spacial score (nSPS) is 35.1. The van der Waals surface area contributed by atoms with Crippen molar-refractivity contribution in [1.82, 2.24) is 4.98 Å². The van der Waals surface area contributed by atoms with Gasteiger partial charge in [0.05, 0.1) is 18.2 Å². The van der Waals surface area contributed by atoms with Gasteiger partial charge in [0.1, 0.15) is 0 Å². The van der Waals surface area contributed by atoms with Gasteiger partial charge in [0.25, 0.3) is 0 Å². The van der Waals surface area contributed by atoms with Gasteiger partial charge in [-0.2, -0.15) is 0 Å². The van der Waals surface area contributed by atoms with Gasteiger partial charge in [0.15, 0.2) is 5.13 Å². The highest BCUT2D eigenvalue weighted by atomic mass is 32.1. The van der Waals surface area contributed by atoms with E-state index in [9.17, 15) is 0 Å². The lowest BCUT2D eigenvalue weighted by Gasteiger charge is -2.19. The van der Waals surface area contributed by atoms with Crippen molar-refractivity contribution in [1.29, 1.82) is 0 Å². The van der Waals surface area contributed by atoms with Crippen LogP contribution in [-0.4, -0.2) is 23.2 Å². The van der Waals surface area contributed by atoms with E-state index in [1.165, 1.54) is 17.7 Å². The highest BCUT2D eigenvalue weighted by Gasteiger charge is 2.40. The topological polar surface area (TPSA) is 34.2 Å². The molecule has 0 amide bonds. The molecule has 76 valence electrons. The first-order chi connectivity index (χ1) is 6.81. The summed E-state index contributed by atoms with van der Waals surface area (Å²) in [5.41, 5.74) is 0. The van der Waals surface area contributed by atoms with Crippen LogP contribution in [0.5, 0.6) is 0 Å². The fraction of sp³-hybridized carbons (Fsp3) is 0.700. The summed E-state index contributed by atoms with van der Waals surface area (Å²) < 4.78 is 5.78. The molecule has 1 aromatic heterocycles. The number of anilines is 1. The molecule has 2 fully saturated rings. The van der Waals surface area contributed by atoms with Gasteiger partial charge in [-0.1, -0.05) is 0 Å². The first kappa shape index (κ1) is 8.68. The van der Waals surface area contributed by atoms with Crippen molar-refractivity contribution >= 4 is 16.5 Å². The van der Waals surface area contributed by atoms with E-state index in [2.05, 4.69) is 17.2 Å². The Hall–Kier alpha value is -0.610. The molecule has 14 heavy (non-hydrogen) atoms. The maximum absolute atomic E-state index is 5.78. The van der Waals surface area contributed by atoms with Crippen LogP contribution in [0.3, 0.4) is 0 Å². The van der Waals surface area contributed by atoms with Crippen molar-refractivity contribution in [3.63, 3.8) is 0 Å². The molecule has 1 N–H and O–H groups in total. The molecule has 0 spiro atoms. The molecule has 0 aliphatic carbocycles. The van der Waals surface area contributed by atoms with E-state index in [4.69, 9.17) is 4.74 Å². The van der Waals surface area contributed by atoms with Crippen LogP contribution in [0.1, 0.15) is 24.1 Å². The lowest BCUT2D eigenvalue weighted by atomic mass is 9.96. The zero-order chi connectivity index (χ0) is 9.54. The van der Waals surface area contributed by atoms with Crippen LogP contribution in [-0.2, 0) is 4.74 Å². The van der Waals surface area contributed by atoms with Crippen LogP contribution in [0.4, 0.5) is 5.13 Å². The minimum absolute atomic E-state index is 0.434. The summed E-state index contributed by atoms with van der Waals surface area (Å²) >= 11 is 1.72. The second-order valence-electron chi connectivity index (χ2n) is 4.14. The molecule has 2 bridgehead atoms. The largest absolute Gasteiger partial charge is 0.373 e. The summed E-state index contributed by atoms with van der Waals surface area (Å²) in [4.78, 5) is 5.58. The molecule has 3 rings (SSSR count). The van der Waals surface area contributed by atoms with E-state index in [-0.39, 0.29) is 0 Å². The van der Waals surface area contributed by atoms with E-state index in [0.717, 1.165) is 11.6 Å². The SMILES string of the molecule is Cc1cnc(N[C@@H]2C[C@H]3CC[C@@H]2O3)s1. The summed E-state index contributed by atoms with van der Waals surface area (Å²) in [5, 5.41) is 4.52. The van der Waals surface area contributed by atoms with Crippen molar-refractivity contribution in [3.05, 3.63) is 11.1 Å². The standard InChI is InChI=1S/C10H14N2OS/c1-6-5-11-10(14-6)12-8-4-7-2-3-9(8)13-7/h5,7-9H,2-4H2,1H3,(H,11,12)/t7-,8-,9+/m1/s1. The monoisotopic (exact) mass is 210 g/mol. The molecule has 0 radical (unpaired) electrons. The lowest BCUT2D eigenvalue weighted by Crippen LogP contribution is -2.30. The Morgan fingerprint density at radius 1 is 1.57 bits per heavy atom. The molecule has 0 unspecified atom stereocenters. The second-order valence-corrected chi connectivity index (χ2v) is 5.37. The van der Waals surface area contributed by atoms with E-state index >= 15 is 0 Å². The van der Waals surface area contributed by atoms with Crippen LogP contribution in [0.25, 0.3) is 0 Å². The smallest absolute Gasteiger partial charge is 0.183 e. The number of rotatable bonds is 2. The zero-order valence-corrected chi connectivity index (χ0v) is 9.01. The second kappa shape index (κ2) is 3.21. The van der Waals surface area contributed by atoms with E-state index in [1.807, 2.05) is 6.20 Å². The zero-order valence-electron chi connectivity index (χ0n) is 8.19. The Bertz CT molecular complexity index is 339. The Labute approximate surface area is 87.5 Å². The van der Waals surface area contributed by atoms with Crippen LogP contribution in [0.2, 0.25) is 0 Å². The van der Waals surface area contributed by atoms with Crippen molar-refractivity contribution in [2.75, 3.05) is 5.32 Å². The first-order valence-corrected chi connectivity index (χ1v) is 5.97. The fourth-order valence-electron chi connectivity index (χ4n) is 2.37. The highest BCUT2D eigenvalue weighted by molar-refractivity contribution is 7.15. The van der Waals surface area contributed by atoms with Crippen LogP contribution in [0, 0.1) is 6.92 Å². The van der Waals surface area contributed by atoms with Crippen LogP contribution < -0.4 is 5.32 Å². The molecular formula is C10H14N2OS. The van der Waals surface area contributed by atoms with Crippen molar-refractivity contribution in [2.24, 2.45) is 0 Å². The molecule has 2 aliphatic rings. The minimum Gasteiger partial charge on any atom is -0.373 e. The van der Waals surface area contributed by atoms with E-state index < -0.39 is 0 Å². The van der Waals surface area contributed by atoms with Gasteiger partial charge in [-0.25, -0.2) is 4.98 Å². The Kier molecular flexibility index (Phi) is 1.99. The van der Waals surface area contributed by atoms with Gasteiger partial charge >= 0.3 is 0 Å². The number of nitrogens with one attached hydrogen (secondary N) is 1. The number of thiazole rings is 1. The molecule has 3 atom stereocenters. The average Bonchev–Trinajstić information content (AvgIpc) is 2.82. The van der Waals surface area contributed by atoms with Gasteiger partial charge in [-0.05, 0) is 26.2 Å². The molecular weight excluding hydrogens is 196 g/mol. The molecule has 2 saturated heterocycles. The quantitative estimate of drug-likeness (QED) is 0.812. The van der Waals surface area contributed by atoms with Gasteiger partial charge in [-0.3, -0.25) is 0 Å². The molecule has 4 heteroatoms. The van der Waals surface area contributed by atoms with Crippen molar-refractivity contribution in [2.45, 2.75) is 44.4 Å². The van der Waals surface area contributed by atoms with Gasteiger partial charge in [0.2, 0.25) is 0 Å². The summed E-state index contributed by atoms with van der Waals surface area (Å²) in [5.74, 6) is 0. The van der Waals surface area contributed by atoms with E-state index in [1.54, 1.807) is 11.3 Å². The van der Waals surface area contributed by atoms with Gasteiger partial charge in [0, 0.05) is 11.1 Å². The third kappa shape index (κ3) is 1.42. The molecule has 3 nitrogen and oxygen atoms in total. The average molecular weight is 210 g/mol. The Balaban J connectivity index is 1.68. The predicted octanol–water partition coefficient (Wildman–Crippen LogP) is 2.18. The Morgan fingerprint density at radius 3 is 3.07 bits per heavy atom. The lowest BCUT2D eigenvalue weighted by molar-refractivity contribution is 0.102. The number of hydrogen-bond acceptors (Lipinski definition) is 4. The highest BCUT2D eigenvalue weighted by Crippen LogP contribution is 2.36. The van der Waals surface area contributed by atoms with Gasteiger partial charge < -0.3 is 10.1 Å². The number of aryl methyl sites for hydroxylation is 1. The summed E-state index contributed by atoms with van der Waals surface area (Å²) in [7, 11) is 0. The fourth-order valence-corrected chi connectivity index (χ4v) is 3.10. The predicted molar refractivity (Wildman–Crippen MR) is 56.8 cm³/mol. The number of ether oxygens (including phenoxy) is 1. The molecule has 0 aromatic carbocycles. The third-order valence-electron chi connectivity index (χ3n) is 3.04. The van der Waals surface area contributed by atoms with Crippen LogP contribution in [0.15, 0.2) is 6.20 Å². The first-order valence-electron chi connectivity index (χ1n) is 5.16. The summed E-state index contributed by atoms with van der Waals surface area (Å²) in [6.45, 7) is 2.08. The number of nitrogens with zero attached hydrogens (tertiary/aromatic N) is 1. The van der Waals surface area contributed by atoms with E-state index in [0.29, 0.717) is 18.2 Å². The molecule has 1 aromatic rings. The maximum Gasteiger partial charge on any atom is 0.183 e. The molecule has 0 saturated carbocycles. The summed E-state index contributed by atoms with van der Waals surface area (Å²) in [6, 6.07) is 0.499. The van der Waals surface area contributed by atoms with Crippen LogP contribution >= 0.6 is 11.3 Å². The molecule has 2 aliphatic heterocycles. The minimum atomic E-state index is 0.434.